The fourth-order valence-electron chi connectivity index (χ4n) is 2.74. The maximum absolute atomic E-state index is 5.81. The summed E-state index contributed by atoms with van der Waals surface area (Å²) in [6.45, 7) is 2.33. The summed E-state index contributed by atoms with van der Waals surface area (Å²) in [6, 6.07) is 18.5. The van der Waals surface area contributed by atoms with Crippen molar-refractivity contribution < 1.29 is 4.74 Å². The number of piperidine rings is 1. The van der Waals surface area contributed by atoms with Gasteiger partial charge in [0.25, 0.3) is 0 Å². The van der Waals surface area contributed by atoms with Gasteiger partial charge in [0.15, 0.2) is 0 Å². The molecule has 0 spiro atoms. The molecule has 20 heavy (non-hydrogen) atoms. The summed E-state index contributed by atoms with van der Waals surface area (Å²) in [5, 5.41) is 3.42. The van der Waals surface area contributed by atoms with Crippen molar-refractivity contribution in [3.63, 3.8) is 0 Å². The molecule has 0 aromatic heterocycles. The van der Waals surface area contributed by atoms with E-state index in [1.165, 1.54) is 37.9 Å². The summed E-state index contributed by atoms with van der Waals surface area (Å²) in [7, 11) is 0. The standard InChI is InChI=1S/C18H21NO/c1-2-4-17(5-3-1)20-18-8-6-15(7-9-18)14-16-10-12-19-13-11-16/h1-9,16,19H,10-14H2. The summed E-state index contributed by atoms with van der Waals surface area (Å²) in [5.74, 6) is 2.63. The Morgan fingerprint density at radius 3 is 2.20 bits per heavy atom. The van der Waals surface area contributed by atoms with Gasteiger partial charge in [0, 0.05) is 0 Å². The minimum atomic E-state index is 0.831. The van der Waals surface area contributed by atoms with Gasteiger partial charge in [-0.25, -0.2) is 0 Å². The molecule has 1 N–H and O–H groups in total. The van der Waals surface area contributed by atoms with Crippen molar-refractivity contribution in [1.29, 1.82) is 0 Å². The molecule has 0 unspecified atom stereocenters. The van der Waals surface area contributed by atoms with Crippen LogP contribution in [0.15, 0.2) is 54.6 Å². The monoisotopic (exact) mass is 267 g/mol. The zero-order valence-corrected chi connectivity index (χ0v) is 11.7. The molecule has 2 aromatic carbocycles. The fourth-order valence-corrected chi connectivity index (χ4v) is 2.74. The topological polar surface area (TPSA) is 21.3 Å². The largest absolute Gasteiger partial charge is 0.457 e. The molecule has 0 atom stereocenters. The van der Waals surface area contributed by atoms with E-state index in [1.54, 1.807) is 0 Å². The van der Waals surface area contributed by atoms with Gasteiger partial charge in [-0.2, -0.15) is 0 Å². The number of para-hydroxylation sites is 1. The van der Waals surface area contributed by atoms with Crippen LogP contribution in [0, 0.1) is 5.92 Å². The molecule has 0 aliphatic carbocycles. The lowest BCUT2D eigenvalue weighted by Gasteiger charge is -2.22. The number of rotatable bonds is 4. The van der Waals surface area contributed by atoms with Crippen LogP contribution in [0.3, 0.4) is 0 Å². The first kappa shape index (κ1) is 13.2. The van der Waals surface area contributed by atoms with Crippen molar-refractivity contribution in [2.45, 2.75) is 19.3 Å². The molecule has 0 saturated carbocycles. The third-order valence-corrected chi connectivity index (χ3v) is 3.89. The van der Waals surface area contributed by atoms with Crippen molar-refractivity contribution in [2.24, 2.45) is 5.92 Å². The molecule has 2 heteroatoms. The highest BCUT2D eigenvalue weighted by Gasteiger charge is 2.13. The molecule has 1 heterocycles. The number of benzene rings is 2. The molecule has 0 radical (unpaired) electrons. The van der Waals surface area contributed by atoms with E-state index in [4.69, 9.17) is 4.74 Å². The lowest BCUT2D eigenvalue weighted by Crippen LogP contribution is -2.28. The third kappa shape index (κ3) is 3.61. The Morgan fingerprint density at radius 2 is 1.50 bits per heavy atom. The van der Waals surface area contributed by atoms with Gasteiger partial charge in [-0.05, 0) is 68.1 Å². The molecular weight excluding hydrogens is 246 g/mol. The van der Waals surface area contributed by atoms with Crippen LogP contribution in [0.4, 0.5) is 0 Å². The Labute approximate surface area is 120 Å². The lowest BCUT2D eigenvalue weighted by molar-refractivity contribution is 0.372. The first-order valence-corrected chi connectivity index (χ1v) is 7.43. The number of hydrogen-bond donors (Lipinski definition) is 1. The van der Waals surface area contributed by atoms with Gasteiger partial charge in [0.1, 0.15) is 11.5 Å². The van der Waals surface area contributed by atoms with Crippen molar-refractivity contribution >= 4 is 0 Å². The van der Waals surface area contributed by atoms with Crippen molar-refractivity contribution in [2.75, 3.05) is 13.1 Å². The van der Waals surface area contributed by atoms with E-state index in [0.717, 1.165) is 17.4 Å². The van der Waals surface area contributed by atoms with Crippen LogP contribution in [0.25, 0.3) is 0 Å². The molecule has 1 saturated heterocycles. The van der Waals surface area contributed by atoms with Gasteiger partial charge < -0.3 is 10.1 Å². The molecule has 2 aromatic rings. The normalized spacial score (nSPS) is 16.0. The molecule has 1 aliphatic rings. The number of nitrogens with one attached hydrogen (secondary N) is 1. The summed E-state index contributed by atoms with van der Waals surface area (Å²) in [6.07, 6.45) is 3.78. The molecule has 0 amide bonds. The minimum Gasteiger partial charge on any atom is -0.457 e. The van der Waals surface area contributed by atoms with Crippen molar-refractivity contribution in [3.05, 3.63) is 60.2 Å². The van der Waals surface area contributed by atoms with E-state index in [0.29, 0.717) is 0 Å². The van der Waals surface area contributed by atoms with E-state index in [1.807, 2.05) is 30.3 Å². The summed E-state index contributed by atoms with van der Waals surface area (Å²) >= 11 is 0. The molecule has 1 aliphatic heterocycles. The Kier molecular flexibility index (Phi) is 4.34. The zero-order valence-electron chi connectivity index (χ0n) is 11.7. The average Bonchev–Trinajstić information content (AvgIpc) is 2.51. The van der Waals surface area contributed by atoms with Crippen LogP contribution >= 0.6 is 0 Å². The number of hydrogen-bond acceptors (Lipinski definition) is 2. The molecular formula is C18H21NO. The van der Waals surface area contributed by atoms with Crippen molar-refractivity contribution in [3.8, 4) is 11.5 Å². The minimum absolute atomic E-state index is 0.831. The average molecular weight is 267 g/mol. The predicted octanol–water partition coefficient (Wildman–Crippen LogP) is 4.02. The van der Waals surface area contributed by atoms with Crippen LogP contribution in [0.5, 0.6) is 11.5 Å². The predicted molar refractivity (Wildman–Crippen MR) is 82.3 cm³/mol. The van der Waals surface area contributed by atoms with Crippen LogP contribution in [0.1, 0.15) is 18.4 Å². The maximum atomic E-state index is 5.81. The van der Waals surface area contributed by atoms with E-state index in [2.05, 4.69) is 29.6 Å². The first-order chi connectivity index (χ1) is 9.90. The molecule has 1 fully saturated rings. The Balaban J connectivity index is 1.59. The SMILES string of the molecule is c1ccc(Oc2ccc(CC3CCNCC3)cc2)cc1. The zero-order chi connectivity index (χ0) is 13.6. The Morgan fingerprint density at radius 1 is 0.850 bits per heavy atom. The summed E-state index contributed by atoms with van der Waals surface area (Å²) < 4.78 is 5.81. The molecule has 0 bridgehead atoms. The van der Waals surface area contributed by atoms with E-state index >= 15 is 0 Å². The van der Waals surface area contributed by atoms with Gasteiger partial charge in [0.05, 0.1) is 0 Å². The van der Waals surface area contributed by atoms with Crippen LogP contribution < -0.4 is 10.1 Å². The molecule has 3 rings (SSSR count). The number of ether oxygens (including phenoxy) is 1. The van der Waals surface area contributed by atoms with E-state index in [9.17, 15) is 0 Å². The highest BCUT2D eigenvalue weighted by Crippen LogP contribution is 2.23. The summed E-state index contributed by atoms with van der Waals surface area (Å²) in [5.41, 5.74) is 1.41. The van der Waals surface area contributed by atoms with Gasteiger partial charge in [-0.3, -0.25) is 0 Å². The fraction of sp³-hybridized carbons (Fsp3) is 0.333. The smallest absolute Gasteiger partial charge is 0.127 e. The van der Waals surface area contributed by atoms with Crippen LogP contribution in [0.2, 0.25) is 0 Å². The second-order valence-electron chi connectivity index (χ2n) is 5.46. The van der Waals surface area contributed by atoms with E-state index in [-0.39, 0.29) is 0 Å². The lowest BCUT2D eigenvalue weighted by atomic mass is 9.91. The highest BCUT2D eigenvalue weighted by atomic mass is 16.5. The molecule has 2 nitrogen and oxygen atoms in total. The summed E-state index contributed by atoms with van der Waals surface area (Å²) in [4.78, 5) is 0. The van der Waals surface area contributed by atoms with Crippen LogP contribution in [-0.4, -0.2) is 13.1 Å². The van der Waals surface area contributed by atoms with Gasteiger partial charge in [0.2, 0.25) is 0 Å². The van der Waals surface area contributed by atoms with Gasteiger partial charge in [-0.1, -0.05) is 30.3 Å². The van der Waals surface area contributed by atoms with Gasteiger partial charge in [-0.15, -0.1) is 0 Å². The van der Waals surface area contributed by atoms with Gasteiger partial charge >= 0.3 is 0 Å². The first-order valence-electron chi connectivity index (χ1n) is 7.43. The second kappa shape index (κ2) is 6.58. The Bertz CT molecular complexity index is 515. The maximum Gasteiger partial charge on any atom is 0.127 e. The van der Waals surface area contributed by atoms with E-state index < -0.39 is 0 Å². The second-order valence-corrected chi connectivity index (χ2v) is 5.46. The highest BCUT2D eigenvalue weighted by molar-refractivity contribution is 5.33. The van der Waals surface area contributed by atoms with Crippen LogP contribution in [-0.2, 0) is 6.42 Å². The van der Waals surface area contributed by atoms with Crippen molar-refractivity contribution in [1.82, 2.24) is 5.32 Å². The molecule has 104 valence electrons. The Hall–Kier alpha value is -1.80. The quantitative estimate of drug-likeness (QED) is 0.903. The third-order valence-electron chi connectivity index (χ3n) is 3.89.